The first kappa shape index (κ1) is 21.3. The SMILES string of the molecule is O=C1NC(=O)C(=Cc2ccc(-c3cc([N+](=O)[O-])c(O)c(C45CC6CC(CC(C6)C4)C5)c3)nc2)S1. The van der Waals surface area contributed by atoms with Crippen LogP contribution in [0.5, 0.6) is 5.75 Å². The lowest BCUT2D eigenvalue weighted by Gasteiger charge is -2.57. The zero-order valence-corrected chi connectivity index (χ0v) is 19.1. The van der Waals surface area contributed by atoms with E-state index in [2.05, 4.69) is 10.3 Å². The molecule has 1 saturated heterocycles. The Hall–Kier alpha value is -3.20. The minimum Gasteiger partial charge on any atom is -0.502 e. The van der Waals surface area contributed by atoms with Crippen molar-refractivity contribution in [3.8, 4) is 17.0 Å². The maximum atomic E-state index is 11.8. The highest BCUT2D eigenvalue weighted by atomic mass is 32.2. The molecule has 2 amide bonds. The number of aromatic hydroxyl groups is 1. The largest absolute Gasteiger partial charge is 0.502 e. The highest BCUT2D eigenvalue weighted by Crippen LogP contribution is 2.62. The van der Waals surface area contributed by atoms with Crippen LogP contribution in [-0.4, -0.2) is 26.2 Å². The van der Waals surface area contributed by atoms with Gasteiger partial charge in [-0.2, -0.15) is 0 Å². The quantitative estimate of drug-likeness (QED) is 0.354. The Morgan fingerprint density at radius 1 is 1.12 bits per heavy atom. The van der Waals surface area contributed by atoms with E-state index in [0.29, 0.717) is 45.0 Å². The number of benzene rings is 1. The number of aromatic nitrogens is 1. The summed E-state index contributed by atoms with van der Waals surface area (Å²) in [6.45, 7) is 0. The maximum Gasteiger partial charge on any atom is 0.311 e. The van der Waals surface area contributed by atoms with Gasteiger partial charge in [-0.3, -0.25) is 30.0 Å². The lowest BCUT2D eigenvalue weighted by molar-refractivity contribution is -0.385. The van der Waals surface area contributed by atoms with Crippen LogP contribution in [0.1, 0.15) is 49.7 Å². The Balaban J connectivity index is 1.39. The fourth-order valence-corrected chi connectivity index (χ4v) is 7.67. The van der Waals surface area contributed by atoms with Gasteiger partial charge in [-0.25, -0.2) is 0 Å². The van der Waals surface area contributed by atoms with Crippen molar-refractivity contribution in [2.45, 2.75) is 43.9 Å². The summed E-state index contributed by atoms with van der Waals surface area (Å²) in [4.78, 5) is 39.2. The Kier molecular flexibility index (Phi) is 4.81. The predicted molar refractivity (Wildman–Crippen MR) is 127 cm³/mol. The number of phenols is 1. The average Bonchev–Trinajstić information content (AvgIpc) is 3.09. The van der Waals surface area contributed by atoms with Crippen molar-refractivity contribution in [3.05, 3.63) is 56.6 Å². The van der Waals surface area contributed by atoms with Crippen LogP contribution < -0.4 is 5.32 Å². The van der Waals surface area contributed by atoms with Crippen molar-refractivity contribution >= 4 is 34.7 Å². The zero-order chi connectivity index (χ0) is 23.6. The molecule has 4 bridgehead atoms. The minimum atomic E-state index is -0.519. The number of rotatable bonds is 4. The summed E-state index contributed by atoms with van der Waals surface area (Å²) in [6.07, 6.45) is 9.80. The number of phenolic OH excluding ortho intramolecular Hbond substituents is 1. The molecule has 2 heterocycles. The third-order valence-electron chi connectivity index (χ3n) is 7.92. The van der Waals surface area contributed by atoms with Gasteiger partial charge < -0.3 is 5.11 Å². The molecule has 4 saturated carbocycles. The second kappa shape index (κ2) is 7.66. The minimum absolute atomic E-state index is 0.203. The van der Waals surface area contributed by atoms with E-state index in [4.69, 9.17) is 0 Å². The van der Waals surface area contributed by atoms with Gasteiger partial charge >= 0.3 is 5.69 Å². The highest BCUT2D eigenvalue weighted by Gasteiger charge is 2.53. The van der Waals surface area contributed by atoms with Crippen molar-refractivity contribution in [3.63, 3.8) is 0 Å². The second-order valence-electron chi connectivity index (χ2n) is 10.2. The van der Waals surface area contributed by atoms with Gasteiger partial charge in [0.1, 0.15) is 0 Å². The van der Waals surface area contributed by atoms with E-state index in [1.54, 1.807) is 24.4 Å². The van der Waals surface area contributed by atoms with Gasteiger partial charge in [0.25, 0.3) is 11.1 Å². The number of nitro benzene ring substituents is 1. The monoisotopic (exact) mass is 477 g/mol. The highest BCUT2D eigenvalue weighted by molar-refractivity contribution is 8.18. The maximum absolute atomic E-state index is 11.8. The van der Waals surface area contributed by atoms with Gasteiger partial charge in [0.15, 0.2) is 5.75 Å². The topological polar surface area (TPSA) is 122 Å². The van der Waals surface area contributed by atoms with Crippen LogP contribution in [0, 0.1) is 27.9 Å². The molecule has 9 heteroatoms. The zero-order valence-electron chi connectivity index (χ0n) is 18.3. The van der Waals surface area contributed by atoms with Crippen LogP contribution >= 0.6 is 11.8 Å². The molecule has 7 rings (SSSR count). The number of carbonyl (C=O) groups excluding carboxylic acids is 2. The number of hydrogen-bond acceptors (Lipinski definition) is 7. The lowest BCUT2D eigenvalue weighted by atomic mass is 9.48. The smallest absolute Gasteiger partial charge is 0.311 e. The van der Waals surface area contributed by atoms with E-state index in [1.165, 1.54) is 25.3 Å². The molecule has 174 valence electrons. The van der Waals surface area contributed by atoms with Crippen molar-refractivity contribution < 1.29 is 19.6 Å². The lowest BCUT2D eigenvalue weighted by Crippen LogP contribution is -2.48. The Labute approximate surface area is 200 Å². The Morgan fingerprint density at radius 2 is 1.79 bits per heavy atom. The number of hydrogen-bond donors (Lipinski definition) is 2. The van der Waals surface area contributed by atoms with E-state index in [9.17, 15) is 24.8 Å². The molecule has 8 nitrogen and oxygen atoms in total. The van der Waals surface area contributed by atoms with E-state index >= 15 is 0 Å². The van der Waals surface area contributed by atoms with Crippen molar-refractivity contribution in [2.24, 2.45) is 17.8 Å². The van der Waals surface area contributed by atoms with E-state index in [0.717, 1.165) is 31.0 Å². The van der Waals surface area contributed by atoms with E-state index in [1.807, 2.05) is 6.07 Å². The van der Waals surface area contributed by atoms with Crippen LogP contribution in [0.25, 0.3) is 17.3 Å². The van der Waals surface area contributed by atoms with Crippen LogP contribution in [-0.2, 0) is 10.2 Å². The number of imide groups is 1. The summed E-state index contributed by atoms with van der Waals surface area (Å²) in [5.74, 6) is 1.27. The molecule has 5 fully saturated rings. The van der Waals surface area contributed by atoms with Gasteiger partial charge in [-0.05, 0) is 91.8 Å². The number of pyridine rings is 1. The summed E-state index contributed by atoms with van der Waals surface area (Å²) in [5.41, 5.74) is 2.00. The second-order valence-corrected chi connectivity index (χ2v) is 11.2. The fraction of sp³-hybridized carbons (Fsp3) is 0.400. The van der Waals surface area contributed by atoms with E-state index < -0.39 is 16.1 Å². The number of nitrogens with one attached hydrogen (secondary N) is 1. The number of nitro groups is 1. The third kappa shape index (κ3) is 3.50. The summed E-state index contributed by atoms with van der Waals surface area (Å²) < 4.78 is 0. The molecular formula is C25H23N3O5S. The molecule has 1 aromatic carbocycles. The number of thioether (sulfide) groups is 1. The van der Waals surface area contributed by atoms with Gasteiger partial charge in [0.05, 0.1) is 15.5 Å². The van der Waals surface area contributed by atoms with E-state index in [-0.39, 0.29) is 16.9 Å². The van der Waals surface area contributed by atoms with Crippen molar-refractivity contribution in [1.29, 1.82) is 0 Å². The molecule has 0 spiro atoms. The van der Waals surface area contributed by atoms with Gasteiger partial charge in [0, 0.05) is 28.8 Å². The normalized spacial score (nSPS) is 30.7. The molecule has 1 aliphatic heterocycles. The van der Waals surface area contributed by atoms with Gasteiger partial charge in [0.2, 0.25) is 0 Å². The molecular weight excluding hydrogens is 454 g/mol. The summed E-state index contributed by atoms with van der Waals surface area (Å²) in [7, 11) is 0. The molecule has 0 atom stereocenters. The van der Waals surface area contributed by atoms with Crippen LogP contribution in [0.4, 0.5) is 10.5 Å². The van der Waals surface area contributed by atoms with Crippen LogP contribution in [0.3, 0.4) is 0 Å². The first-order chi connectivity index (χ1) is 16.3. The summed E-state index contributed by atoms with van der Waals surface area (Å²) in [5, 5.41) is 24.6. The van der Waals surface area contributed by atoms with Crippen LogP contribution in [0.2, 0.25) is 0 Å². The standard InChI is InChI=1S/C25H23N3O5S/c29-22-18(25-9-14-3-15(10-25)5-16(4-14)11-25)7-17(8-20(22)28(32)33)19-2-1-13(12-26-19)6-21-23(30)27-24(31)34-21/h1-2,6-8,12,14-16,29H,3-5,9-11H2,(H,27,30,31). The Bertz CT molecular complexity index is 1230. The molecule has 34 heavy (non-hydrogen) atoms. The number of amides is 2. The molecule has 0 unspecified atom stereocenters. The van der Waals surface area contributed by atoms with Crippen LogP contribution in [0.15, 0.2) is 35.4 Å². The third-order valence-corrected chi connectivity index (χ3v) is 8.73. The summed E-state index contributed by atoms with van der Waals surface area (Å²) >= 11 is 0.836. The molecule has 2 N–H and O–H groups in total. The Morgan fingerprint density at radius 3 is 2.32 bits per heavy atom. The van der Waals surface area contributed by atoms with Crippen molar-refractivity contribution in [1.82, 2.24) is 10.3 Å². The fourth-order valence-electron chi connectivity index (χ4n) is 6.98. The number of carbonyl (C=O) groups is 2. The molecule has 5 aliphatic rings. The van der Waals surface area contributed by atoms with Crippen molar-refractivity contribution in [2.75, 3.05) is 0 Å². The first-order valence-electron chi connectivity index (χ1n) is 11.5. The average molecular weight is 478 g/mol. The molecule has 4 aliphatic carbocycles. The first-order valence-corrected chi connectivity index (χ1v) is 12.3. The van der Waals surface area contributed by atoms with Gasteiger partial charge in [-0.15, -0.1) is 0 Å². The molecule has 0 radical (unpaired) electrons. The molecule has 1 aromatic heterocycles. The van der Waals surface area contributed by atoms with Gasteiger partial charge in [-0.1, -0.05) is 6.07 Å². The summed E-state index contributed by atoms with van der Waals surface area (Å²) in [6, 6.07) is 6.79. The predicted octanol–water partition coefficient (Wildman–Crippen LogP) is 5.15. The number of nitrogens with zero attached hydrogens (tertiary/aromatic N) is 2. The molecule has 2 aromatic rings.